The predicted octanol–water partition coefficient (Wildman–Crippen LogP) is 2.40. The first-order chi connectivity index (χ1) is 20.3. The van der Waals surface area contributed by atoms with Crippen molar-refractivity contribution in [2.24, 2.45) is 5.73 Å². The number of anilines is 1. The maximum atomic E-state index is 12.9. The number of primary amides is 1. The number of aliphatic carboxylic acids is 1. The molecule has 2 atom stereocenters. The van der Waals surface area contributed by atoms with Gasteiger partial charge in [0.05, 0.1) is 18.7 Å². The van der Waals surface area contributed by atoms with Gasteiger partial charge in [-0.25, -0.2) is 4.98 Å². The van der Waals surface area contributed by atoms with E-state index >= 15 is 0 Å². The molecule has 2 aromatic carbocycles. The molecule has 1 aromatic heterocycles. The Kier molecular flexibility index (Phi) is 7.94. The minimum Gasteiger partial charge on any atom is -0.489 e. The molecule has 3 aliphatic rings. The monoisotopic (exact) mass is 573 g/mol. The Hall–Kier alpha value is -4.22. The van der Waals surface area contributed by atoms with Gasteiger partial charge in [0.15, 0.2) is 0 Å². The summed E-state index contributed by atoms with van der Waals surface area (Å²) in [6, 6.07) is 15.0. The van der Waals surface area contributed by atoms with Gasteiger partial charge in [-0.2, -0.15) is 0 Å². The molecule has 0 saturated carbocycles. The number of fused-ring (bicyclic) bond motifs is 2. The van der Waals surface area contributed by atoms with E-state index in [2.05, 4.69) is 40.1 Å². The van der Waals surface area contributed by atoms with Crippen LogP contribution < -0.4 is 15.4 Å². The van der Waals surface area contributed by atoms with Crippen molar-refractivity contribution < 1.29 is 29.0 Å². The van der Waals surface area contributed by atoms with E-state index in [0.717, 1.165) is 74.6 Å². The number of hydrogen-bond acceptors (Lipinski definition) is 8. The zero-order valence-electron chi connectivity index (χ0n) is 23.4. The molecule has 3 aliphatic heterocycles. The van der Waals surface area contributed by atoms with E-state index in [-0.39, 0.29) is 31.4 Å². The van der Waals surface area contributed by atoms with E-state index in [1.807, 2.05) is 6.07 Å². The average molecular weight is 574 g/mol. The maximum absolute atomic E-state index is 12.9. The van der Waals surface area contributed by atoms with Crippen LogP contribution in [0.5, 0.6) is 5.75 Å². The van der Waals surface area contributed by atoms with Crippen LogP contribution in [-0.4, -0.2) is 89.2 Å². The number of aromatic nitrogens is 1. The molecule has 0 bridgehead atoms. The summed E-state index contributed by atoms with van der Waals surface area (Å²) in [5, 5.41) is 10.1. The molecule has 11 nitrogen and oxygen atoms in total. The predicted molar refractivity (Wildman–Crippen MR) is 155 cm³/mol. The van der Waals surface area contributed by atoms with E-state index in [1.165, 1.54) is 10.5 Å². The lowest BCUT2D eigenvalue weighted by atomic mass is 10.1. The highest BCUT2D eigenvalue weighted by Gasteiger charge is 2.36. The summed E-state index contributed by atoms with van der Waals surface area (Å²) < 4.78 is 11.8. The van der Waals surface area contributed by atoms with Gasteiger partial charge in [-0.05, 0) is 66.4 Å². The number of nitrogens with two attached hydrogens (primary N) is 1. The fraction of sp³-hybridized carbons (Fsp3) is 0.419. The van der Waals surface area contributed by atoms with Crippen LogP contribution in [0.15, 0.2) is 48.5 Å². The molecular formula is C31H35N5O6. The van der Waals surface area contributed by atoms with E-state index in [1.54, 1.807) is 12.1 Å². The molecule has 3 aromatic rings. The standard InChI is InChI=1S/C31H35N5O6/c32-30(39)27(6-8-29(37)38)36-18-22-16-23(3-4-25(22)31(36)40)42-24-9-10-34(19-24)17-20-1-5-26-21(15-20)2-7-28(33-26)35-11-13-41-14-12-35/h1-5,7,15-16,24,27H,6,8-14,17-19H2,(H2,32,39)(H,37,38)/t24-,27-/m0/s1. The van der Waals surface area contributed by atoms with E-state index < -0.39 is 17.9 Å². The Bertz CT molecular complexity index is 1510. The van der Waals surface area contributed by atoms with Crippen LogP contribution in [0, 0.1) is 0 Å². The Labute approximate surface area is 243 Å². The number of ether oxygens (including phenoxy) is 2. The van der Waals surface area contributed by atoms with Gasteiger partial charge in [-0.3, -0.25) is 19.3 Å². The van der Waals surface area contributed by atoms with Gasteiger partial charge in [-0.15, -0.1) is 0 Å². The number of amides is 2. The van der Waals surface area contributed by atoms with Gasteiger partial charge in [0.25, 0.3) is 5.91 Å². The highest BCUT2D eigenvalue weighted by atomic mass is 16.5. The highest BCUT2D eigenvalue weighted by Crippen LogP contribution is 2.31. The van der Waals surface area contributed by atoms with Gasteiger partial charge in [0.1, 0.15) is 23.7 Å². The van der Waals surface area contributed by atoms with Gasteiger partial charge in [0.2, 0.25) is 5.91 Å². The van der Waals surface area contributed by atoms with Crippen molar-refractivity contribution in [1.29, 1.82) is 0 Å². The molecule has 6 rings (SSSR count). The molecule has 0 aliphatic carbocycles. The van der Waals surface area contributed by atoms with Gasteiger partial charge < -0.3 is 30.1 Å². The van der Waals surface area contributed by atoms with E-state index in [4.69, 9.17) is 25.3 Å². The largest absolute Gasteiger partial charge is 0.489 e. The molecular weight excluding hydrogens is 538 g/mol. The van der Waals surface area contributed by atoms with Crippen molar-refractivity contribution in [2.75, 3.05) is 44.3 Å². The number of hydrogen-bond donors (Lipinski definition) is 2. The topological polar surface area (TPSA) is 139 Å². The third-order valence-corrected chi connectivity index (χ3v) is 8.26. The smallest absolute Gasteiger partial charge is 0.303 e. The zero-order valence-corrected chi connectivity index (χ0v) is 23.4. The molecule has 4 heterocycles. The highest BCUT2D eigenvalue weighted by molar-refractivity contribution is 6.01. The van der Waals surface area contributed by atoms with Crippen LogP contribution in [0.1, 0.15) is 40.7 Å². The molecule has 0 radical (unpaired) electrons. The number of rotatable bonds is 10. The normalized spacial score (nSPS) is 19.7. The lowest BCUT2D eigenvalue weighted by molar-refractivity contribution is -0.137. The third-order valence-electron chi connectivity index (χ3n) is 8.26. The van der Waals surface area contributed by atoms with Crippen LogP contribution in [0.25, 0.3) is 10.9 Å². The molecule has 2 amide bonds. The number of carboxylic acids is 1. The van der Waals surface area contributed by atoms with Gasteiger partial charge in [0, 0.05) is 56.6 Å². The molecule has 220 valence electrons. The van der Waals surface area contributed by atoms with Gasteiger partial charge in [-0.1, -0.05) is 6.07 Å². The number of likely N-dealkylation sites (tertiary alicyclic amines) is 1. The van der Waals surface area contributed by atoms with E-state index in [9.17, 15) is 14.4 Å². The molecule has 2 fully saturated rings. The second-order valence-corrected chi connectivity index (χ2v) is 11.2. The lowest BCUT2D eigenvalue weighted by Crippen LogP contribution is -2.45. The molecule has 42 heavy (non-hydrogen) atoms. The minimum absolute atomic E-state index is 0.0170. The number of nitrogens with zero attached hydrogens (tertiary/aromatic N) is 4. The van der Waals surface area contributed by atoms with Crippen LogP contribution in [0.2, 0.25) is 0 Å². The fourth-order valence-electron chi connectivity index (χ4n) is 6.08. The number of benzene rings is 2. The molecule has 3 N–H and O–H groups in total. The number of carbonyl (C=O) groups excluding carboxylic acids is 2. The number of carboxylic acid groups (broad SMARTS) is 1. The van der Waals surface area contributed by atoms with Crippen molar-refractivity contribution in [3.63, 3.8) is 0 Å². The summed E-state index contributed by atoms with van der Waals surface area (Å²) >= 11 is 0. The van der Waals surface area contributed by atoms with Crippen molar-refractivity contribution in [3.8, 4) is 5.75 Å². The molecule has 2 saturated heterocycles. The number of morpholine rings is 1. The Morgan fingerprint density at radius 1 is 1.10 bits per heavy atom. The zero-order chi connectivity index (χ0) is 29.2. The lowest BCUT2D eigenvalue weighted by Gasteiger charge is -2.28. The Balaban J connectivity index is 1.05. The SMILES string of the molecule is NC(=O)[C@H](CCC(=O)O)N1Cc2cc(O[C@H]3CCN(Cc4ccc5nc(N6CCOCC6)ccc5c4)C3)ccc2C1=O. The third kappa shape index (κ3) is 6.02. The van der Waals surface area contributed by atoms with Crippen molar-refractivity contribution in [2.45, 2.75) is 44.5 Å². The summed E-state index contributed by atoms with van der Waals surface area (Å²) in [5.41, 5.74) is 8.95. The van der Waals surface area contributed by atoms with Crippen molar-refractivity contribution in [3.05, 3.63) is 65.2 Å². The summed E-state index contributed by atoms with van der Waals surface area (Å²) in [6.07, 6.45) is 0.642. The Morgan fingerprint density at radius 2 is 1.93 bits per heavy atom. The maximum Gasteiger partial charge on any atom is 0.303 e. The molecule has 0 unspecified atom stereocenters. The second kappa shape index (κ2) is 11.9. The summed E-state index contributed by atoms with van der Waals surface area (Å²) in [5.74, 6) is -0.403. The quantitative estimate of drug-likeness (QED) is 0.374. The first kappa shape index (κ1) is 27.9. The van der Waals surface area contributed by atoms with Gasteiger partial charge >= 0.3 is 5.97 Å². The minimum atomic E-state index is -1.04. The average Bonchev–Trinajstić information content (AvgIpc) is 3.56. The summed E-state index contributed by atoms with van der Waals surface area (Å²) in [6.45, 7) is 5.91. The first-order valence-corrected chi connectivity index (χ1v) is 14.4. The van der Waals surface area contributed by atoms with Crippen LogP contribution >= 0.6 is 0 Å². The van der Waals surface area contributed by atoms with Crippen LogP contribution in [0.4, 0.5) is 5.82 Å². The first-order valence-electron chi connectivity index (χ1n) is 14.4. The number of pyridine rings is 1. The second-order valence-electron chi connectivity index (χ2n) is 11.2. The summed E-state index contributed by atoms with van der Waals surface area (Å²) in [7, 11) is 0. The molecule has 0 spiro atoms. The van der Waals surface area contributed by atoms with Crippen molar-refractivity contribution >= 4 is 34.5 Å². The summed E-state index contributed by atoms with van der Waals surface area (Å²) in [4.78, 5) is 46.8. The fourth-order valence-corrected chi connectivity index (χ4v) is 6.08. The number of carbonyl (C=O) groups is 3. The van der Waals surface area contributed by atoms with Crippen molar-refractivity contribution in [1.82, 2.24) is 14.8 Å². The molecule has 11 heteroatoms. The van der Waals surface area contributed by atoms with Crippen LogP contribution in [-0.2, 0) is 27.4 Å². The van der Waals surface area contributed by atoms with Crippen LogP contribution in [0.3, 0.4) is 0 Å². The Morgan fingerprint density at radius 3 is 2.71 bits per heavy atom. The van der Waals surface area contributed by atoms with E-state index in [0.29, 0.717) is 11.3 Å².